The standard InChI is InChI=1S/C27H31N3O2/c1-29(2)26(31)27(25-15-8-9-17-28-25)16-10-18-30(20-27)19-21-11-4-5-12-22(21)23-13-6-7-14-24(23)32-3/h4-9,11-15,17H,10,16,18-20H2,1-3H3/t27-/m0/s1. The van der Waals surface area contributed by atoms with E-state index >= 15 is 0 Å². The molecule has 4 rings (SSSR count). The van der Waals surface area contributed by atoms with Crippen molar-refractivity contribution in [1.82, 2.24) is 14.8 Å². The molecule has 2 heterocycles. The van der Waals surface area contributed by atoms with Gasteiger partial charge in [0, 0.05) is 38.9 Å². The van der Waals surface area contributed by atoms with Crippen LogP contribution in [0, 0.1) is 0 Å². The number of carbonyl (C=O) groups excluding carboxylic acids is 1. The van der Waals surface area contributed by atoms with Gasteiger partial charge in [0.25, 0.3) is 0 Å². The zero-order chi connectivity index (χ0) is 22.6. The van der Waals surface area contributed by atoms with Crippen LogP contribution in [-0.2, 0) is 16.8 Å². The summed E-state index contributed by atoms with van der Waals surface area (Å²) in [5.41, 5.74) is 3.72. The lowest BCUT2D eigenvalue weighted by atomic mass is 9.75. The summed E-state index contributed by atoms with van der Waals surface area (Å²) >= 11 is 0. The number of pyridine rings is 1. The number of piperidine rings is 1. The Morgan fingerprint density at radius 2 is 1.75 bits per heavy atom. The Labute approximate surface area is 190 Å². The van der Waals surface area contributed by atoms with E-state index in [-0.39, 0.29) is 5.91 Å². The van der Waals surface area contributed by atoms with Gasteiger partial charge in [0.05, 0.1) is 12.8 Å². The van der Waals surface area contributed by atoms with Crippen LogP contribution in [0.2, 0.25) is 0 Å². The molecule has 0 N–H and O–H groups in total. The number of likely N-dealkylation sites (tertiary alicyclic amines) is 1. The third-order valence-electron chi connectivity index (χ3n) is 6.35. The van der Waals surface area contributed by atoms with Gasteiger partial charge in [-0.15, -0.1) is 0 Å². The van der Waals surface area contributed by atoms with Crippen LogP contribution in [0.15, 0.2) is 72.9 Å². The molecule has 1 saturated heterocycles. The summed E-state index contributed by atoms with van der Waals surface area (Å²) in [5.74, 6) is 0.989. The summed E-state index contributed by atoms with van der Waals surface area (Å²) in [6, 6.07) is 22.5. The molecule has 3 aromatic rings. The molecule has 32 heavy (non-hydrogen) atoms. The number of ether oxygens (including phenoxy) is 1. The van der Waals surface area contributed by atoms with Crippen LogP contribution in [0.3, 0.4) is 0 Å². The summed E-state index contributed by atoms with van der Waals surface area (Å²) < 4.78 is 5.62. The zero-order valence-corrected chi connectivity index (χ0v) is 19.1. The second-order valence-corrected chi connectivity index (χ2v) is 8.67. The van der Waals surface area contributed by atoms with Gasteiger partial charge >= 0.3 is 0 Å². The lowest BCUT2D eigenvalue weighted by molar-refractivity contribution is -0.137. The van der Waals surface area contributed by atoms with Crippen molar-refractivity contribution in [2.75, 3.05) is 34.3 Å². The van der Waals surface area contributed by atoms with Gasteiger partial charge in [0.2, 0.25) is 5.91 Å². The van der Waals surface area contributed by atoms with E-state index in [0.717, 1.165) is 48.5 Å². The number of nitrogens with zero attached hydrogens (tertiary/aromatic N) is 3. The highest BCUT2D eigenvalue weighted by Crippen LogP contribution is 2.37. The Kier molecular flexibility index (Phi) is 6.56. The third kappa shape index (κ3) is 4.26. The number of amides is 1. The number of para-hydroxylation sites is 1. The Balaban J connectivity index is 1.67. The number of benzene rings is 2. The van der Waals surface area contributed by atoms with Gasteiger partial charge in [-0.05, 0) is 48.7 Å². The molecule has 1 aromatic heterocycles. The van der Waals surface area contributed by atoms with E-state index in [1.807, 2.05) is 50.5 Å². The predicted molar refractivity (Wildman–Crippen MR) is 128 cm³/mol. The monoisotopic (exact) mass is 429 g/mol. The second-order valence-electron chi connectivity index (χ2n) is 8.67. The van der Waals surface area contributed by atoms with Crippen LogP contribution in [0.5, 0.6) is 5.75 Å². The molecular formula is C27H31N3O2. The summed E-state index contributed by atoms with van der Waals surface area (Å²) in [6.07, 6.45) is 3.55. The van der Waals surface area contributed by atoms with E-state index in [1.165, 1.54) is 5.56 Å². The fraction of sp³-hybridized carbons (Fsp3) is 0.333. The van der Waals surface area contributed by atoms with Gasteiger partial charge in [-0.3, -0.25) is 14.7 Å². The van der Waals surface area contributed by atoms with Crippen molar-refractivity contribution >= 4 is 5.91 Å². The van der Waals surface area contributed by atoms with E-state index in [1.54, 1.807) is 18.2 Å². The Bertz CT molecular complexity index is 1070. The van der Waals surface area contributed by atoms with E-state index in [2.05, 4.69) is 40.2 Å². The molecule has 0 aliphatic carbocycles. The number of aromatic nitrogens is 1. The van der Waals surface area contributed by atoms with Crippen LogP contribution in [0.25, 0.3) is 11.1 Å². The highest BCUT2D eigenvalue weighted by Gasteiger charge is 2.45. The Hall–Kier alpha value is -3.18. The van der Waals surface area contributed by atoms with Gasteiger partial charge in [0.1, 0.15) is 11.2 Å². The molecule has 0 radical (unpaired) electrons. The number of hydrogen-bond acceptors (Lipinski definition) is 4. The number of methoxy groups -OCH3 is 1. The first-order valence-electron chi connectivity index (χ1n) is 11.1. The molecule has 1 aliphatic rings. The normalized spacial score (nSPS) is 18.8. The van der Waals surface area contributed by atoms with Crippen molar-refractivity contribution in [3.63, 3.8) is 0 Å². The molecule has 166 valence electrons. The van der Waals surface area contributed by atoms with Crippen LogP contribution >= 0.6 is 0 Å². The third-order valence-corrected chi connectivity index (χ3v) is 6.35. The number of carbonyl (C=O) groups is 1. The molecule has 1 atom stereocenters. The average molecular weight is 430 g/mol. The largest absolute Gasteiger partial charge is 0.496 e. The fourth-order valence-electron chi connectivity index (χ4n) is 4.88. The summed E-state index contributed by atoms with van der Waals surface area (Å²) in [5, 5.41) is 0. The van der Waals surface area contributed by atoms with Crippen molar-refractivity contribution in [2.45, 2.75) is 24.8 Å². The van der Waals surface area contributed by atoms with E-state index < -0.39 is 5.41 Å². The average Bonchev–Trinajstić information content (AvgIpc) is 2.84. The molecule has 0 bridgehead atoms. The highest BCUT2D eigenvalue weighted by molar-refractivity contribution is 5.88. The zero-order valence-electron chi connectivity index (χ0n) is 19.1. The number of likely N-dealkylation sites (N-methyl/N-ethyl adjacent to an activating group) is 1. The fourth-order valence-corrected chi connectivity index (χ4v) is 4.88. The quantitative estimate of drug-likeness (QED) is 0.583. The number of rotatable bonds is 6. The van der Waals surface area contributed by atoms with Crippen molar-refractivity contribution in [3.05, 3.63) is 84.2 Å². The maximum absolute atomic E-state index is 13.4. The molecule has 0 unspecified atom stereocenters. The maximum Gasteiger partial charge on any atom is 0.235 e. The highest BCUT2D eigenvalue weighted by atomic mass is 16.5. The topological polar surface area (TPSA) is 45.7 Å². The van der Waals surface area contributed by atoms with Gasteiger partial charge in [-0.25, -0.2) is 0 Å². The van der Waals surface area contributed by atoms with Crippen molar-refractivity contribution in [1.29, 1.82) is 0 Å². The molecule has 1 fully saturated rings. The molecule has 1 aliphatic heterocycles. The van der Waals surface area contributed by atoms with E-state index in [9.17, 15) is 4.79 Å². The van der Waals surface area contributed by atoms with Crippen molar-refractivity contribution in [3.8, 4) is 16.9 Å². The lowest BCUT2D eigenvalue weighted by Crippen LogP contribution is -2.54. The molecule has 0 saturated carbocycles. The summed E-state index contributed by atoms with van der Waals surface area (Å²) in [4.78, 5) is 22.2. The SMILES string of the molecule is COc1ccccc1-c1ccccc1CN1CCC[C@@](C(=O)N(C)C)(c2ccccn2)C1. The molecule has 5 nitrogen and oxygen atoms in total. The van der Waals surface area contributed by atoms with Crippen LogP contribution < -0.4 is 4.74 Å². The predicted octanol–water partition coefficient (Wildman–Crippen LogP) is 4.38. The van der Waals surface area contributed by atoms with E-state index in [4.69, 9.17) is 4.74 Å². The first kappa shape index (κ1) is 22.0. The Morgan fingerprint density at radius 1 is 1.03 bits per heavy atom. The molecule has 0 spiro atoms. The summed E-state index contributed by atoms with van der Waals surface area (Å²) in [7, 11) is 5.38. The minimum atomic E-state index is -0.623. The molecular weight excluding hydrogens is 398 g/mol. The van der Waals surface area contributed by atoms with Gasteiger partial charge < -0.3 is 9.64 Å². The van der Waals surface area contributed by atoms with Crippen molar-refractivity contribution < 1.29 is 9.53 Å². The Morgan fingerprint density at radius 3 is 2.47 bits per heavy atom. The minimum absolute atomic E-state index is 0.124. The molecule has 1 amide bonds. The van der Waals surface area contributed by atoms with Gasteiger partial charge in [0.15, 0.2) is 0 Å². The smallest absolute Gasteiger partial charge is 0.235 e. The van der Waals surface area contributed by atoms with Crippen LogP contribution in [0.1, 0.15) is 24.1 Å². The van der Waals surface area contributed by atoms with Gasteiger partial charge in [-0.1, -0.05) is 48.5 Å². The first-order chi connectivity index (χ1) is 15.5. The number of hydrogen-bond donors (Lipinski definition) is 0. The van der Waals surface area contributed by atoms with Crippen LogP contribution in [-0.4, -0.2) is 55.0 Å². The van der Waals surface area contributed by atoms with Crippen LogP contribution in [0.4, 0.5) is 0 Å². The minimum Gasteiger partial charge on any atom is -0.496 e. The van der Waals surface area contributed by atoms with E-state index in [0.29, 0.717) is 6.54 Å². The first-order valence-corrected chi connectivity index (χ1v) is 11.1. The summed E-state index contributed by atoms with van der Waals surface area (Å²) in [6.45, 7) is 2.38. The lowest BCUT2D eigenvalue weighted by Gasteiger charge is -2.42. The maximum atomic E-state index is 13.4. The molecule has 2 aromatic carbocycles. The molecule has 5 heteroatoms. The second kappa shape index (κ2) is 9.53. The van der Waals surface area contributed by atoms with Crippen molar-refractivity contribution in [2.24, 2.45) is 0 Å². The van der Waals surface area contributed by atoms with Gasteiger partial charge in [-0.2, -0.15) is 0 Å².